The molecule has 1 fully saturated rings. The highest BCUT2D eigenvalue weighted by atomic mass is 35.5. The summed E-state index contributed by atoms with van der Waals surface area (Å²) in [7, 11) is 1.63. The number of halogens is 1. The first kappa shape index (κ1) is 20.0. The van der Waals surface area contributed by atoms with Crippen LogP contribution < -0.4 is 10.1 Å². The minimum absolute atomic E-state index is 0. The molecule has 28 heavy (non-hydrogen) atoms. The van der Waals surface area contributed by atoms with Crippen molar-refractivity contribution in [3.8, 4) is 5.75 Å². The standard InChI is InChI=1S/C20H22N4O3.ClH/c1-13-11-21-18-17(13)14(20(25)24-7-9-27-10-8-24)12-22-19(18)23-15-5-3-4-6-16(15)26-2;/h3-6,11-12,21H,7-10H2,1-2H3,(H,22,23);1H. The zero-order chi connectivity index (χ0) is 18.8. The molecule has 1 aliphatic heterocycles. The predicted molar refractivity (Wildman–Crippen MR) is 111 cm³/mol. The molecular weight excluding hydrogens is 380 g/mol. The van der Waals surface area contributed by atoms with Crippen LogP contribution in [0.3, 0.4) is 0 Å². The zero-order valence-electron chi connectivity index (χ0n) is 15.8. The van der Waals surface area contributed by atoms with Crippen molar-refractivity contribution in [1.82, 2.24) is 14.9 Å². The van der Waals surface area contributed by atoms with Crippen molar-refractivity contribution < 1.29 is 14.3 Å². The summed E-state index contributed by atoms with van der Waals surface area (Å²) in [6, 6.07) is 7.65. The van der Waals surface area contributed by atoms with Crippen molar-refractivity contribution in [2.75, 3.05) is 38.7 Å². The Morgan fingerprint density at radius 2 is 2.04 bits per heavy atom. The molecule has 148 valence electrons. The molecule has 0 atom stereocenters. The number of aromatic amines is 1. The van der Waals surface area contributed by atoms with Gasteiger partial charge in [0.2, 0.25) is 0 Å². The molecule has 4 rings (SSSR count). The Kier molecular flexibility index (Phi) is 6.06. The first-order chi connectivity index (χ1) is 13.2. The van der Waals surface area contributed by atoms with E-state index in [1.165, 1.54) is 0 Å². The van der Waals surface area contributed by atoms with Gasteiger partial charge in [0.05, 0.1) is 37.1 Å². The van der Waals surface area contributed by atoms with E-state index in [-0.39, 0.29) is 18.3 Å². The minimum Gasteiger partial charge on any atom is -0.495 e. The fourth-order valence-electron chi connectivity index (χ4n) is 3.38. The van der Waals surface area contributed by atoms with Crippen LogP contribution in [0.15, 0.2) is 36.7 Å². The quantitative estimate of drug-likeness (QED) is 0.698. The summed E-state index contributed by atoms with van der Waals surface area (Å²) in [4.78, 5) is 22.6. The molecule has 0 saturated carbocycles. The second-order valence-electron chi connectivity index (χ2n) is 6.47. The maximum Gasteiger partial charge on any atom is 0.256 e. The molecule has 3 aromatic rings. The van der Waals surface area contributed by atoms with Crippen molar-refractivity contribution in [2.24, 2.45) is 0 Å². The van der Waals surface area contributed by atoms with Gasteiger partial charge in [-0.25, -0.2) is 4.98 Å². The molecule has 7 nitrogen and oxygen atoms in total. The SMILES string of the molecule is COc1ccccc1Nc1ncc(C(=O)N2CCOCC2)c2c(C)c[nH]c12.Cl. The van der Waals surface area contributed by atoms with Crippen LogP contribution in [0.25, 0.3) is 10.9 Å². The third kappa shape index (κ3) is 3.63. The van der Waals surface area contributed by atoms with E-state index in [0.29, 0.717) is 37.7 Å². The summed E-state index contributed by atoms with van der Waals surface area (Å²) in [5.41, 5.74) is 3.23. The van der Waals surface area contributed by atoms with Crippen molar-refractivity contribution in [2.45, 2.75) is 6.92 Å². The van der Waals surface area contributed by atoms with Crippen LogP contribution in [-0.2, 0) is 4.74 Å². The topological polar surface area (TPSA) is 79.5 Å². The molecule has 0 spiro atoms. The van der Waals surface area contributed by atoms with Gasteiger partial charge >= 0.3 is 0 Å². The molecule has 8 heteroatoms. The summed E-state index contributed by atoms with van der Waals surface area (Å²) >= 11 is 0. The van der Waals surface area contributed by atoms with Crippen LogP contribution in [0.1, 0.15) is 15.9 Å². The highest BCUT2D eigenvalue weighted by Crippen LogP contribution is 2.32. The van der Waals surface area contributed by atoms with Crippen LogP contribution >= 0.6 is 12.4 Å². The van der Waals surface area contributed by atoms with Crippen LogP contribution in [0, 0.1) is 6.92 Å². The van der Waals surface area contributed by atoms with Crippen molar-refractivity contribution in [3.63, 3.8) is 0 Å². The maximum atomic E-state index is 13.0. The van der Waals surface area contributed by atoms with E-state index in [0.717, 1.165) is 27.9 Å². The second kappa shape index (κ2) is 8.50. The first-order valence-corrected chi connectivity index (χ1v) is 8.93. The zero-order valence-corrected chi connectivity index (χ0v) is 16.6. The lowest BCUT2D eigenvalue weighted by Gasteiger charge is -2.27. The van der Waals surface area contributed by atoms with Gasteiger partial charge < -0.3 is 24.7 Å². The summed E-state index contributed by atoms with van der Waals surface area (Å²) < 4.78 is 10.8. The third-order valence-corrected chi connectivity index (χ3v) is 4.79. The number of carbonyl (C=O) groups excluding carboxylic acids is 1. The fourth-order valence-corrected chi connectivity index (χ4v) is 3.38. The number of benzene rings is 1. The van der Waals surface area contributed by atoms with E-state index >= 15 is 0 Å². The van der Waals surface area contributed by atoms with Gasteiger partial charge in [-0.1, -0.05) is 12.1 Å². The van der Waals surface area contributed by atoms with E-state index in [4.69, 9.17) is 9.47 Å². The molecular formula is C20H23ClN4O3. The fraction of sp³-hybridized carbons (Fsp3) is 0.300. The molecule has 0 aliphatic carbocycles. The number of aryl methyl sites for hydroxylation is 1. The molecule has 1 amide bonds. The van der Waals surface area contributed by atoms with E-state index < -0.39 is 0 Å². The molecule has 1 aromatic carbocycles. The number of morpholine rings is 1. The largest absolute Gasteiger partial charge is 0.495 e. The van der Waals surface area contributed by atoms with Gasteiger partial charge in [-0.2, -0.15) is 0 Å². The van der Waals surface area contributed by atoms with Crippen LogP contribution in [0.5, 0.6) is 5.75 Å². The molecule has 0 radical (unpaired) electrons. The van der Waals surface area contributed by atoms with Gasteiger partial charge in [0.1, 0.15) is 5.75 Å². The number of H-pyrrole nitrogens is 1. The normalized spacial score (nSPS) is 13.9. The molecule has 0 bridgehead atoms. The molecule has 0 unspecified atom stereocenters. The van der Waals surface area contributed by atoms with E-state index in [9.17, 15) is 4.79 Å². The predicted octanol–water partition coefficient (Wildman–Crippen LogP) is 3.52. The van der Waals surface area contributed by atoms with Gasteiger partial charge in [0.15, 0.2) is 5.82 Å². The monoisotopic (exact) mass is 402 g/mol. The van der Waals surface area contributed by atoms with Gasteiger partial charge in [0.25, 0.3) is 5.91 Å². The Morgan fingerprint density at radius 1 is 1.29 bits per heavy atom. The number of hydrogen-bond acceptors (Lipinski definition) is 5. The van der Waals surface area contributed by atoms with Crippen LogP contribution in [0.4, 0.5) is 11.5 Å². The number of ether oxygens (including phenoxy) is 2. The van der Waals surface area contributed by atoms with E-state index in [1.807, 2.05) is 42.3 Å². The minimum atomic E-state index is -0.0117. The number of fused-ring (bicyclic) bond motifs is 1. The van der Waals surface area contributed by atoms with Gasteiger partial charge in [0, 0.05) is 30.9 Å². The molecule has 1 saturated heterocycles. The number of anilines is 2. The van der Waals surface area contributed by atoms with E-state index in [1.54, 1.807) is 13.3 Å². The summed E-state index contributed by atoms with van der Waals surface area (Å²) in [5.74, 6) is 1.37. The van der Waals surface area contributed by atoms with Crippen molar-refractivity contribution in [3.05, 3.63) is 47.8 Å². The van der Waals surface area contributed by atoms with Crippen molar-refractivity contribution in [1.29, 1.82) is 0 Å². The summed E-state index contributed by atoms with van der Waals surface area (Å²) in [6.45, 7) is 4.33. The number of amides is 1. The number of rotatable bonds is 4. The van der Waals surface area contributed by atoms with Crippen molar-refractivity contribution >= 4 is 40.7 Å². The number of para-hydroxylation sites is 2. The lowest BCUT2D eigenvalue weighted by Crippen LogP contribution is -2.40. The summed E-state index contributed by atoms with van der Waals surface area (Å²) in [5, 5.41) is 4.20. The molecule has 2 aromatic heterocycles. The van der Waals surface area contributed by atoms with Gasteiger partial charge in [-0.3, -0.25) is 4.79 Å². The Bertz CT molecular complexity index is 983. The summed E-state index contributed by atoms with van der Waals surface area (Å²) in [6.07, 6.45) is 3.55. The molecule has 1 aliphatic rings. The Balaban J connectivity index is 0.00000225. The number of nitrogens with zero attached hydrogens (tertiary/aromatic N) is 2. The second-order valence-corrected chi connectivity index (χ2v) is 6.47. The lowest BCUT2D eigenvalue weighted by atomic mass is 10.1. The molecule has 3 heterocycles. The van der Waals surface area contributed by atoms with Crippen LogP contribution in [0.2, 0.25) is 0 Å². The van der Waals surface area contributed by atoms with Gasteiger partial charge in [-0.05, 0) is 24.6 Å². The van der Waals surface area contributed by atoms with Gasteiger partial charge in [-0.15, -0.1) is 12.4 Å². The smallest absolute Gasteiger partial charge is 0.256 e. The van der Waals surface area contributed by atoms with Crippen LogP contribution in [-0.4, -0.2) is 54.2 Å². The highest BCUT2D eigenvalue weighted by molar-refractivity contribution is 6.10. The number of methoxy groups -OCH3 is 1. The number of nitrogens with one attached hydrogen (secondary N) is 2. The first-order valence-electron chi connectivity index (χ1n) is 8.93. The Labute approximate surface area is 169 Å². The average molecular weight is 403 g/mol. The number of pyridine rings is 1. The lowest BCUT2D eigenvalue weighted by molar-refractivity contribution is 0.0304. The number of carbonyl (C=O) groups is 1. The molecule has 2 N–H and O–H groups in total. The van der Waals surface area contributed by atoms with E-state index in [2.05, 4.69) is 15.3 Å². The number of hydrogen-bond donors (Lipinski definition) is 2. The third-order valence-electron chi connectivity index (χ3n) is 4.79. The highest BCUT2D eigenvalue weighted by Gasteiger charge is 2.23. The Morgan fingerprint density at radius 3 is 2.79 bits per heavy atom. The maximum absolute atomic E-state index is 13.0. The number of aromatic nitrogens is 2. The Hall–Kier alpha value is -2.77. The average Bonchev–Trinajstić information content (AvgIpc) is 3.11.